The highest BCUT2D eigenvalue weighted by molar-refractivity contribution is 7.26. The van der Waals surface area contributed by atoms with E-state index in [9.17, 15) is 0 Å². The molecule has 0 N–H and O–H groups in total. The Morgan fingerprint density at radius 3 is 1.78 bits per heavy atom. The third kappa shape index (κ3) is 5.47. The van der Waals surface area contributed by atoms with Gasteiger partial charge in [-0.1, -0.05) is 170 Å². The van der Waals surface area contributed by atoms with Gasteiger partial charge in [-0.2, -0.15) is 0 Å². The summed E-state index contributed by atoms with van der Waals surface area (Å²) in [6, 6.07) is 76.9. The molecule has 10 aromatic carbocycles. The van der Waals surface area contributed by atoms with Crippen LogP contribution < -0.4 is 4.90 Å². The molecule has 3 heteroatoms. The van der Waals surface area contributed by atoms with Gasteiger partial charge in [0, 0.05) is 53.3 Å². The van der Waals surface area contributed by atoms with Crippen LogP contribution in [0.15, 0.2) is 217 Å². The van der Waals surface area contributed by atoms with E-state index in [1.807, 2.05) is 17.4 Å². The Morgan fingerprint density at radius 2 is 0.966 bits per heavy atom. The molecule has 12 rings (SSSR count). The Balaban J connectivity index is 1.07. The first-order chi connectivity index (χ1) is 29.3. The number of nitrogens with zero attached hydrogens (tertiary/aromatic N) is 1. The number of fused-ring (bicyclic) bond motifs is 9. The van der Waals surface area contributed by atoms with Crippen LogP contribution in [0.4, 0.5) is 17.1 Å². The van der Waals surface area contributed by atoms with Crippen LogP contribution in [0.5, 0.6) is 0 Å². The van der Waals surface area contributed by atoms with Crippen molar-refractivity contribution in [3.05, 3.63) is 212 Å². The van der Waals surface area contributed by atoms with E-state index in [1.54, 1.807) is 0 Å². The minimum absolute atomic E-state index is 0.901. The Bertz CT molecular complexity index is 3550. The fourth-order valence-electron chi connectivity index (χ4n) is 9.20. The van der Waals surface area contributed by atoms with Gasteiger partial charge in [-0.15, -0.1) is 11.3 Å². The Labute approximate surface area is 345 Å². The predicted molar refractivity (Wildman–Crippen MR) is 253 cm³/mol. The van der Waals surface area contributed by atoms with Crippen LogP contribution in [0.1, 0.15) is 0 Å². The zero-order chi connectivity index (χ0) is 38.9. The molecule has 0 saturated carbocycles. The highest BCUT2D eigenvalue weighted by atomic mass is 32.1. The molecule has 0 aliphatic carbocycles. The summed E-state index contributed by atoms with van der Waals surface area (Å²) in [6.07, 6.45) is 0. The summed E-state index contributed by atoms with van der Waals surface area (Å²) in [4.78, 5) is 2.44. The Kier molecular flexibility index (Phi) is 7.75. The smallest absolute Gasteiger partial charge is 0.143 e. The van der Waals surface area contributed by atoms with E-state index < -0.39 is 0 Å². The summed E-state index contributed by atoms with van der Waals surface area (Å²) in [5, 5.41) is 9.83. The van der Waals surface area contributed by atoms with Crippen LogP contribution in [0.2, 0.25) is 0 Å². The lowest BCUT2D eigenvalue weighted by Crippen LogP contribution is -2.10. The molecular weight excluding hydrogens is 735 g/mol. The van der Waals surface area contributed by atoms with E-state index in [1.165, 1.54) is 64.0 Å². The molecule has 276 valence electrons. The Morgan fingerprint density at radius 1 is 0.356 bits per heavy atom. The molecule has 0 aliphatic heterocycles. The number of thiophene rings is 1. The monoisotopic (exact) mass is 769 g/mol. The predicted octanol–water partition coefficient (Wildman–Crippen LogP) is 16.7. The van der Waals surface area contributed by atoms with Gasteiger partial charge < -0.3 is 9.32 Å². The van der Waals surface area contributed by atoms with Crippen LogP contribution in [-0.4, -0.2) is 0 Å². The standard InChI is InChI=1S/C56H35NOS/c1-2-14-36(15-3-1)42-24-11-16-38-17-12-25-43(54(38)42)37-30-32-40(33-31-37)57(50-35-53-55(47-22-5-4-20-45(47)50)49-23-7-9-29-52(49)59-53)41-19-10-18-39(34-41)44-26-13-27-48-46-21-6-8-28-51(46)58-56(44)48/h1-35H. The lowest BCUT2D eigenvalue weighted by Gasteiger charge is -2.28. The quantitative estimate of drug-likeness (QED) is 0.167. The molecule has 0 saturated heterocycles. The number of furan rings is 1. The van der Waals surface area contributed by atoms with Crippen LogP contribution in [-0.2, 0) is 0 Å². The fourth-order valence-corrected chi connectivity index (χ4v) is 10.4. The summed E-state index contributed by atoms with van der Waals surface area (Å²) in [7, 11) is 0. The molecule has 12 aromatic rings. The molecule has 0 spiro atoms. The molecule has 59 heavy (non-hydrogen) atoms. The number of benzene rings is 10. The fraction of sp³-hybridized carbons (Fsp3) is 0. The van der Waals surface area contributed by atoms with Gasteiger partial charge >= 0.3 is 0 Å². The summed E-state index contributed by atoms with van der Waals surface area (Å²) in [5.74, 6) is 0. The third-order valence-electron chi connectivity index (χ3n) is 11.8. The van der Waals surface area contributed by atoms with Crippen molar-refractivity contribution in [2.75, 3.05) is 4.90 Å². The number of para-hydroxylation sites is 2. The minimum atomic E-state index is 0.901. The summed E-state index contributed by atoms with van der Waals surface area (Å²) >= 11 is 1.86. The van der Waals surface area contributed by atoms with Gasteiger partial charge in [-0.05, 0) is 86.4 Å². The Hall–Kier alpha value is -7.46. The van der Waals surface area contributed by atoms with E-state index in [0.717, 1.165) is 50.1 Å². The molecule has 0 amide bonds. The van der Waals surface area contributed by atoms with Crippen molar-refractivity contribution in [3.8, 4) is 33.4 Å². The normalized spacial score (nSPS) is 11.7. The first-order valence-electron chi connectivity index (χ1n) is 20.1. The summed E-state index contributed by atoms with van der Waals surface area (Å²) in [6.45, 7) is 0. The average Bonchev–Trinajstić information content (AvgIpc) is 3.88. The zero-order valence-corrected chi connectivity index (χ0v) is 32.8. The largest absolute Gasteiger partial charge is 0.455 e. The van der Waals surface area contributed by atoms with Crippen molar-refractivity contribution in [2.24, 2.45) is 0 Å². The van der Waals surface area contributed by atoms with Crippen molar-refractivity contribution >= 4 is 92.1 Å². The maximum atomic E-state index is 6.55. The van der Waals surface area contributed by atoms with Crippen molar-refractivity contribution in [2.45, 2.75) is 0 Å². The van der Waals surface area contributed by atoms with Crippen molar-refractivity contribution in [1.82, 2.24) is 0 Å². The van der Waals surface area contributed by atoms with Gasteiger partial charge in [0.05, 0.1) is 5.69 Å². The molecule has 0 atom stereocenters. The van der Waals surface area contributed by atoms with Gasteiger partial charge in [0.1, 0.15) is 11.2 Å². The van der Waals surface area contributed by atoms with Crippen LogP contribution in [0.25, 0.3) is 97.0 Å². The van der Waals surface area contributed by atoms with E-state index in [2.05, 4.69) is 211 Å². The first kappa shape index (κ1) is 33.7. The average molecular weight is 770 g/mol. The maximum Gasteiger partial charge on any atom is 0.143 e. The summed E-state index contributed by atoms with van der Waals surface area (Å²) < 4.78 is 9.12. The van der Waals surface area contributed by atoms with Crippen molar-refractivity contribution in [3.63, 3.8) is 0 Å². The highest BCUT2D eigenvalue weighted by Crippen LogP contribution is 2.48. The maximum absolute atomic E-state index is 6.55. The van der Waals surface area contributed by atoms with Crippen LogP contribution in [0, 0.1) is 0 Å². The van der Waals surface area contributed by atoms with Crippen molar-refractivity contribution < 1.29 is 4.42 Å². The van der Waals surface area contributed by atoms with E-state index in [-0.39, 0.29) is 0 Å². The minimum Gasteiger partial charge on any atom is -0.455 e. The number of anilines is 3. The van der Waals surface area contributed by atoms with Gasteiger partial charge in [0.25, 0.3) is 0 Å². The zero-order valence-electron chi connectivity index (χ0n) is 32.0. The molecule has 0 radical (unpaired) electrons. The molecular formula is C56H35NOS. The van der Waals surface area contributed by atoms with Gasteiger partial charge in [-0.25, -0.2) is 0 Å². The second-order valence-corrected chi connectivity index (χ2v) is 16.3. The summed E-state index contributed by atoms with van der Waals surface area (Å²) in [5.41, 5.74) is 12.1. The lowest BCUT2D eigenvalue weighted by atomic mass is 9.91. The molecule has 2 aromatic heterocycles. The number of hydrogen-bond donors (Lipinski definition) is 0. The SMILES string of the molecule is c1ccc(-c2cccc3cccc(-c4ccc(N(c5cccc(-c6cccc7c6oc6ccccc67)c5)c5cc6sc7ccccc7c6c6ccccc56)cc4)c23)cc1. The van der Waals surface area contributed by atoms with Crippen LogP contribution >= 0.6 is 11.3 Å². The lowest BCUT2D eigenvalue weighted by molar-refractivity contribution is 0.670. The molecule has 0 fully saturated rings. The third-order valence-corrected chi connectivity index (χ3v) is 13.0. The molecule has 0 bridgehead atoms. The van der Waals surface area contributed by atoms with E-state index in [4.69, 9.17) is 4.42 Å². The number of hydrogen-bond acceptors (Lipinski definition) is 3. The van der Waals surface area contributed by atoms with E-state index in [0.29, 0.717) is 0 Å². The van der Waals surface area contributed by atoms with Crippen molar-refractivity contribution in [1.29, 1.82) is 0 Å². The number of rotatable bonds is 6. The van der Waals surface area contributed by atoms with Gasteiger partial charge in [0.2, 0.25) is 0 Å². The first-order valence-corrected chi connectivity index (χ1v) is 20.9. The van der Waals surface area contributed by atoms with Crippen LogP contribution in [0.3, 0.4) is 0 Å². The molecule has 2 heterocycles. The molecule has 2 nitrogen and oxygen atoms in total. The van der Waals surface area contributed by atoms with E-state index >= 15 is 0 Å². The molecule has 0 aliphatic rings. The van der Waals surface area contributed by atoms with Gasteiger partial charge in [-0.3, -0.25) is 0 Å². The topological polar surface area (TPSA) is 16.4 Å². The highest BCUT2D eigenvalue weighted by Gasteiger charge is 2.21. The second-order valence-electron chi connectivity index (χ2n) is 15.2. The van der Waals surface area contributed by atoms with Gasteiger partial charge in [0.15, 0.2) is 0 Å². The second kappa shape index (κ2) is 13.6. The molecule has 0 unspecified atom stereocenters.